The molecular formula is C28H18Cl2N4O6. The second-order valence-electron chi connectivity index (χ2n) is 8.11. The zero-order chi connectivity index (χ0) is 28.6. The fourth-order valence-electron chi connectivity index (χ4n) is 3.32. The van der Waals surface area contributed by atoms with Gasteiger partial charge in [-0.2, -0.15) is 5.10 Å². The second kappa shape index (κ2) is 12.7. The first-order valence-corrected chi connectivity index (χ1v) is 12.2. The smallest absolute Gasteiger partial charge is 0.343 e. The topological polar surface area (TPSA) is 140 Å². The summed E-state index contributed by atoms with van der Waals surface area (Å²) >= 11 is 11.7. The zero-order valence-electron chi connectivity index (χ0n) is 20.3. The molecule has 0 aliphatic carbocycles. The van der Waals surface area contributed by atoms with E-state index in [0.29, 0.717) is 21.3 Å². The zero-order valence-corrected chi connectivity index (χ0v) is 21.8. The number of hydrazone groups is 1. The molecule has 0 aromatic heterocycles. The number of halogens is 2. The molecule has 0 bridgehead atoms. The summed E-state index contributed by atoms with van der Waals surface area (Å²) in [6.45, 7) is 0. The van der Waals surface area contributed by atoms with Crippen molar-refractivity contribution in [1.82, 2.24) is 5.43 Å². The van der Waals surface area contributed by atoms with E-state index in [-0.39, 0.29) is 34.0 Å². The van der Waals surface area contributed by atoms with Gasteiger partial charge in [0.1, 0.15) is 5.75 Å². The predicted molar refractivity (Wildman–Crippen MR) is 150 cm³/mol. The van der Waals surface area contributed by atoms with Crippen LogP contribution in [0.5, 0.6) is 5.75 Å². The minimum atomic E-state index is -0.715. The van der Waals surface area contributed by atoms with Crippen LogP contribution in [0.3, 0.4) is 0 Å². The first kappa shape index (κ1) is 28.0. The summed E-state index contributed by atoms with van der Waals surface area (Å²) in [5.74, 6) is -1.66. The molecule has 2 amide bonds. The van der Waals surface area contributed by atoms with E-state index >= 15 is 0 Å². The highest BCUT2D eigenvalue weighted by molar-refractivity contribution is 6.31. The van der Waals surface area contributed by atoms with E-state index in [0.717, 1.165) is 12.3 Å². The van der Waals surface area contributed by atoms with Crippen LogP contribution >= 0.6 is 23.2 Å². The molecule has 10 nitrogen and oxygen atoms in total. The van der Waals surface area contributed by atoms with Crippen molar-refractivity contribution in [3.8, 4) is 5.75 Å². The van der Waals surface area contributed by atoms with E-state index < -0.39 is 16.8 Å². The maximum Gasteiger partial charge on any atom is 0.343 e. The molecule has 0 aliphatic heterocycles. The molecule has 12 heteroatoms. The minimum Gasteiger partial charge on any atom is -0.422 e. The molecule has 0 fully saturated rings. The van der Waals surface area contributed by atoms with Gasteiger partial charge in [-0.25, -0.2) is 10.2 Å². The van der Waals surface area contributed by atoms with Crippen molar-refractivity contribution in [2.45, 2.75) is 0 Å². The molecule has 0 aliphatic rings. The van der Waals surface area contributed by atoms with Gasteiger partial charge in [0.25, 0.3) is 17.5 Å². The molecule has 0 saturated heterocycles. The summed E-state index contributed by atoms with van der Waals surface area (Å²) in [6.07, 6.45) is 1.12. The molecule has 0 unspecified atom stereocenters. The van der Waals surface area contributed by atoms with E-state index in [9.17, 15) is 24.5 Å². The maximum atomic E-state index is 12.5. The molecular weight excluding hydrogens is 559 g/mol. The van der Waals surface area contributed by atoms with Crippen molar-refractivity contribution in [3.05, 3.63) is 133 Å². The van der Waals surface area contributed by atoms with E-state index in [1.54, 1.807) is 36.4 Å². The van der Waals surface area contributed by atoms with Crippen molar-refractivity contribution in [2.75, 3.05) is 5.32 Å². The van der Waals surface area contributed by atoms with Crippen molar-refractivity contribution in [1.29, 1.82) is 0 Å². The van der Waals surface area contributed by atoms with E-state index in [2.05, 4.69) is 15.8 Å². The summed E-state index contributed by atoms with van der Waals surface area (Å²) in [4.78, 5) is 48.0. The van der Waals surface area contributed by atoms with Crippen LogP contribution in [0.1, 0.15) is 36.6 Å². The molecule has 0 atom stereocenters. The molecule has 4 aromatic rings. The van der Waals surface area contributed by atoms with Crippen LogP contribution in [0.15, 0.2) is 96.1 Å². The summed E-state index contributed by atoms with van der Waals surface area (Å²) in [7, 11) is 0. The maximum absolute atomic E-state index is 12.5. The number of non-ortho nitro benzene ring substituents is 1. The van der Waals surface area contributed by atoms with Crippen molar-refractivity contribution < 1.29 is 24.0 Å². The monoisotopic (exact) mass is 576 g/mol. The summed E-state index contributed by atoms with van der Waals surface area (Å²) in [5.41, 5.74) is 3.45. The van der Waals surface area contributed by atoms with Gasteiger partial charge >= 0.3 is 5.97 Å². The summed E-state index contributed by atoms with van der Waals surface area (Å²) < 4.78 is 5.38. The molecule has 40 heavy (non-hydrogen) atoms. The summed E-state index contributed by atoms with van der Waals surface area (Å²) in [6, 6.07) is 22.0. The Bertz CT molecular complexity index is 1610. The largest absolute Gasteiger partial charge is 0.422 e. The third-order valence-electron chi connectivity index (χ3n) is 5.37. The number of rotatable bonds is 8. The number of nitrogens with zero attached hydrogens (tertiary/aromatic N) is 2. The number of nitro benzene ring substituents is 1. The van der Waals surface area contributed by atoms with Crippen LogP contribution in [-0.4, -0.2) is 28.9 Å². The standard InChI is InChI=1S/C28H18Cl2N4O6/c29-21-7-1-17(2-8-21)26(35)32-23-11-5-18(6-12-23)27(36)33-31-16-20-15-24(34(38)39)13-14-25(20)40-28(37)19-3-9-22(30)10-4-19/h1-16H,(H,32,35)(H,33,36)/b31-16+. The second-order valence-corrected chi connectivity index (χ2v) is 8.99. The normalized spacial score (nSPS) is 10.7. The van der Waals surface area contributed by atoms with Crippen molar-refractivity contribution in [3.63, 3.8) is 0 Å². The highest BCUT2D eigenvalue weighted by atomic mass is 35.5. The van der Waals surface area contributed by atoms with Gasteiger partial charge in [0.2, 0.25) is 0 Å². The van der Waals surface area contributed by atoms with Crippen LogP contribution in [0.4, 0.5) is 11.4 Å². The number of esters is 1. The molecule has 200 valence electrons. The van der Waals surface area contributed by atoms with Gasteiger partial charge in [-0.15, -0.1) is 0 Å². The van der Waals surface area contributed by atoms with E-state index in [4.69, 9.17) is 27.9 Å². The fourth-order valence-corrected chi connectivity index (χ4v) is 3.57. The fraction of sp³-hybridized carbons (Fsp3) is 0. The van der Waals surface area contributed by atoms with Crippen LogP contribution in [0.2, 0.25) is 10.0 Å². The first-order chi connectivity index (χ1) is 19.2. The Morgan fingerprint density at radius 1 is 0.775 bits per heavy atom. The number of nitrogens with one attached hydrogen (secondary N) is 2. The summed E-state index contributed by atoms with van der Waals surface area (Å²) in [5, 5.41) is 18.7. The van der Waals surface area contributed by atoms with Gasteiger partial charge < -0.3 is 10.1 Å². The lowest BCUT2D eigenvalue weighted by Gasteiger charge is -2.08. The third-order valence-corrected chi connectivity index (χ3v) is 5.87. The van der Waals surface area contributed by atoms with E-state index in [1.165, 1.54) is 48.5 Å². The average molecular weight is 577 g/mol. The van der Waals surface area contributed by atoms with Gasteiger partial charge in [0.05, 0.1) is 16.7 Å². The van der Waals surface area contributed by atoms with Crippen LogP contribution < -0.4 is 15.5 Å². The highest BCUT2D eigenvalue weighted by Crippen LogP contribution is 2.24. The number of anilines is 1. The first-order valence-electron chi connectivity index (χ1n) is 11.5. The van der Waals surface area contributed by atoms with Crippen LogP contribution in [-0.2, 0) is 0 Å². The SMILES string of the molecule is O=C(N/N=C/c1cc([N+](=O)[O-])ccc1OC(=O)c1ccc(Cl)cc1)c1ccc(NC(=O)c2ccc(Cl)cc2)cc1. The molecule has 0 heterocycles. The molecule has 4 aromatic carbocycles. The number of hydrogen-bond acceptors (Lipinski definition) is 7. The average Bonchev–Trinajstić information content (AvgIpc) is 2.94. The number of carbonyl (C=O) groups is 3. The van der Waals surface area contributed by atoms with Crippen molar-refractivity contribution in [2.24, 2.45) is 5.10 Å². The predicted octanol–water partition coefficient (Wildman–Crippen LogP) is 6.14. The number of benzene rings is 4. The third kappa shape index (κ3) is 7.28. The molecule has 2 N–H and O–H groups in total. The molecule has 0 radical (unpaired) electrons. The van der Waals surface area contributed by atoms with Gasteiger partial charge in [0.15, 0.2) is 0 Å². The van der Waals surface area contributed by atoms with Gasteiger partial charge in [-0.1, -0.05) is 23.2 Å². The van der Waals surface area contributed by atoms with Gasteiger partial charge in [-0.3, -0.25) is 19.7 Å². The minimum absolute atomic E-state index is 0.00988. The van der Waals surface area contributed by atoms with Gasteiger partial charge in [0, 0.05) is 44.6 Å². The number of amides is 2. The Morgan fingerprint density at radius 2 is 1.32 bits per heavy atom. The molecule has 4 rings (SSSR count). The lowest BCUT2D eigenvalue weighted by Crippen LogP contribution is -2.18. The lowest BCUT2D eigenvalue weighted by molar-refractivity contribution is -0.384. The number of hydrogen-bond donors (Lipinski definition) is 2. The number of nitro groups is 1. The number of carbonyl (C=O) groups excluding carboxylic acids is 3. The molecule has 0 saturated carbocycles. The molecule has 0 spiro atoms. The quantitative estimate of drug-likeness (QED) is 0.0848. The lowest BCUT2D eigenvalue weighted by atomic mass is 10.1. The van der Waals surface area contributed by atoms with E-state index in [1.807, 2.05) is 0 Å². The van der Waals surface area contributed by atoms with Crippen LogP contribution in [0, 0.1) is 10.1 Å². The number of ether oxygens (including phenoxy) is 1. The highest BCUT2D eigenvalue weighted by Gasteiger charge is 2.15. The van der Waals surface area contributed by atoms with Crippen LogP contribution in [0.25, 0.3) is 0 Å². The van der Waals surface area contributed by atoms with Gasteiger partial charge in [-0.05, 0) is 78.9 Å². The Hall–Kier alpha value is -5.06. The van der Waals surface area contributed by atoms with Crippen molar-refractivity contribution >= 4 is 58.6 Å². The Labute approximate surface area is 237 Å². The Kier molecular flexibility index (Phi) is 8.85. The Balaban J connectivity index is 1.42. The Morgan fingerprint density at radius 3 is 1.93 bits per heavy atom.